The maximum Gasteiger partial charge on any atom is 0.232 e. The van der Waals surface area contributed by atoms with Crippen LogP contribution in [0.2, 0.25) is 0 Å². The Morgan fingerprint density at radius 1 is 0.867 bits per heavy atom. The minimum atomic E-state index is -0.770. The number of nitrogens with zero attached hydrogens (tertiary/aromatic N) is 2. The summed E-state index contributed by atoms with van der Waals surface area (Å²) in [7, 11) is 0. The number of piperidine rings is 1. The molecule has 4 rings (SSSR count). The predicted molar refractivity (Wildman–Crippen MR) is 164 cm³/mol. The summed E-state index contributed by atoms with van der Waals surface area (Å²) in [6, 6.07) is 9.91. The number of nitrogens with one attached hydrogen (secondary N) is 2. The molecule has 0 bridgehead atoms. The van der Waals surface area contributed by atoms with Crippen molar-refractivity contribution >= 4 is 34.1 Å². The SMILES string of the molecule is Cc1cnc(Nc2ccc3cnccc3c2)cc1OCCOCCOCCOCCOCCOC(C[O])C1CCC(=O)NC1=O. The molecule has 1 aliphatic heterocycles. The van der Waals surface area contributed by atoms with Crippen LogP contribution < -0.4 is 15.4 Å². The van der Waals surface area contributed by atoms with Crippen LogP contribution in [-0.2, 0) is 38.4 Å². The lowest BCUT2D eigenvalue weighted by Gasteiger charge is -2.27. The molecule has 2 N–H and O–H groups in total. The molecule has 1 aromatic carbocycles. The smallest absolute Gasteiger partial charge is 0.232 e. The highest BCUT2D eigenvalue weighted by Gasteiger charge is 2.34. The van der Waals surface area contributed by atoms with Crippen molar-refractivity contribution in [3.63, 3.8) is 0 Å². The number of imide groups is 1. The molecule has 45 heavy (non-hydrogen) atoms. The van der Waals surface area contributed by atoms with E-state index < -0.39 is 24.5 Å². The molecule has 0 saturated carbocycles. The molecule has 0 spiro atoms. The van der Waals surface area contributed by atoms with E-state index in [9.17, 15) is 14.7 Å². The first-order chi connectivity index (χ1) is 22.0. The zero-order valence-corrected chi connectivity index (χ0v) is 25.5. The predicted octanol–water partition coefficient (Wildman–Crippen LogP) is 3.00. The van der Waals surface area contributed by atoms with Gasteiger partial charge in [-0.2, -0.15) is 0 Å². The van der Waals surface area contributed by atoms with E-state index >= 15 is 0 Å². The number of anilines is 2. The third-order valence-corrected chi connectivity index (χ3v) is 7.02. The molecule has 2 unspecified atom stereocenters. The highest BCUT2D eigenvalue weighted by molar-refractivity contribution is 5.98. The Morgan fingerprint density at radius 2 is 1.56 bits per heavy atom. The van der Waals surface area contributed by atoms with Gasteiger partial charge in [0.05, 0.1) is 71.5 Å². The maximum absolute atomic E-state index is 11.9. The zero-order chi connectivity index (χ0) is 31.7. The zero-order valence-electron chi connectivity index (χ0n) is 25.5. The average molecular weight is 626 g/mol. The van der Waals surface area contributed by atoms with Gasteiger partial charge in [-0.05, 0) is 36.9 Å². The van der Waals surface area contributed by atoms with Crippen LogP contribution in [0.5, 0.6) is 5.75 Å². The van der Waals surface area contributed by atoms with Gasteiger partial charge < -0.3 is 33.7 Å². The number of carbonyl (C=O) groups is 2. The first-order valence-corrected chi connectivity index (χ1v) is 15.1. The largest absolute Gasteiger partial charge is 0.491 e. The summed E-state index contributed by atoms with van der Waals surface area (Å²) in [5, 5.41) is 19.1. The number of fused-ring (bicyclic) bond motifs is 1. The highest BCUT2D eigenvalue weighted by atomic mass is 16.6. The van der Waals surface area contributed by atoms with Gasteiger partial charge in [-0.1, -0.05) is 6.07 Å². The number of hydrogen-bond donors (Lipinski definition) is 2. The summed E-state index contributed by atoms with van der Waals surface area (Å²) in [6.07, 6.45) is 5.16. The summed E-state index contributed by atoms with van der Waals surface area (Å²) in [4.78, 5) is 31.7. The molecule has 1 saturated heterocycles. The standard InChI is InChI=1S/C32H41N4O9/c1-23-20-34-30(35-26-3-2-25-21-33-7-6-24(25)18-26)19-28(23)44-16-14-42-12-10-40-8-9-41-11-13-43-15-17-45-29(22-37)27-4-5-31(38)36-32(27)39/h2-3,6-7,18-21,27,29H,4-5,8-17,22H2,1H3,(H,34,35)(H,36,38,39). The molecular weight excluding hydrogens is 584 g/mol. The Balaban J connectivity index is 0.964. The van der Waals surface area contributed by atoms with Crippen molar-refractivity contribution in [2.24, 2.45) is 5.92 Å². The van der Waals surface area contributed by atoms with E-state index in [1.54, 1.807) is 12.4 Å². The Bertz CT molecular complexity index is 1360. The van der Waals surface area contributed by atoms with E-state index in [-0.39, 0.29) is 25.5 Å². The minimum absolute atomic E-state index is 0.184. The minimum Gasteiger partial charge on any atom is -0.491 e. The van der Waals surface area contributed by atoms with Gasteiger partial charge in [0, 0.05) is 47.7 Å². The number of ether oxygens (including phenoxy) is 6. The topological polar surface area (TPSA) is 159 Å². The number of aryl methyl sites for hydroxylation is 1. The van der Waals surface area contributed by atoms with Crippen molar-refractivity contribution < 1.29 is 43.1 Å². The molecule has 243 valence electrons. The molecule has 2 atom stereocenters. The molecule has 13 nitrogen and oxygen atoms in total. The number of hydrogen-bond acceptors (Lipinski definition) is 11. The van der Waals surface area contributed by atoms with Crippen molar-refractivity contribution in [2.45, 2.75) is 25.9 Å². The number of carbonyl (C=O) groups excluding carboxylic acids is 2. The van der Waals surface area contributed by atoms with Gasteiger partial charge in [-0.15, -0.1) is 0 Å². The molecule has 3 heterocycles. The van der Waals surface area contributed by atoms with Crippen molar-refractivity contribution in [1.29, 1.82) is 0 Å². The van der Waals surface area contributed by atoms with Gasteiger partial charge in [0.15, 0.2) is 0 Å². The summed E-state index contributed by atoms with van der Waals surface area (Å²) in [6.45, 7) is 5.16. The van der Waals surface area contributed by atoms with Crippen LogP contribution in [0.25, 0.3) is 10.8 Å². The van der Waals surface area contributed by atoms with E-state index in [4.69, 9.17) is 28.4 Å². The molecular formula is C32H41N4O9. The van der Waals surface area contributed by atoms with Crippen LogP contribution in [0.4, 0.5) is 11.5 Å². The highest BCUT2D eigenvalue weighted by Crippen LogP contribution is 2.25. The van der Waals surface area contributed by atoms with Crippen LogP contribution in [-0.4, -0.2) is 101 Å². The normalized spacial score (nSPS) is 15.6. The van der Waals surface area contributed by atoms with Gasteiger partial charge in [0.25, 0.3) is 0 Å². The molecule has 3 aromatic rings. The first-order valence-electron chi connectivity index (χ1n) is 15.1. The first kappa shape index (κ1) is 34.2. The van der Waals surface area contributed by atoms with Crippen molar-refractivity contribution in [3.8, 4) is 5.75 Å². The van der Waals surface area contributed by atoms with E-state index in [1.165, 1.54) is 0 Å². The average Bonchev–Trinajstić information content (AvgIpc) is 3.04. The summed E-state index contributed by atoms with van der Waals surface area (Å²) < 4.78 is 33.5. The molecule has 13 heteroatoms. The lowest BCUT2D eigenvalue weighted by atomic mass is 9.93. The van der Waals surface area contributed by atoms with Crippen LogP contribution in [0.15, 0.2) is 48.9 Å². The van der Waals surface area contributed by atoms with Crippen molar-refractivity contribution in [3.05, 3.63) is 54.5 Å². The van der Waals surface area contributed by atoms with Gasteiger partial charge in [-0.25, -0.2) is 10.1 Å². The van der Waals surface area contributed by atoms with Crippen LogP contribution in [0.3, 0.4) is 0 Å². The van der Waals surface area contributed by atoms with Gasteiger partial charge in [-0.3, -0.25) is 19.9 Å². The number of amides is 2. The fraction of sp³-hybridized carbons (Fsp3) is 0.500. The molecule has 0 aliphatic carbocycles. The second kappa shape index (κ2) is 18.9. The molecule has 1 aliphatic rings. The monoisotopic (exact) mass is 625 g/mol. The summed E-state index contributed by atoms with van der Waals surface area (Å²) in [5.41, 5.74) is 1.87. The van der Waals surface area contributed by atoms with Crippen LogP contribution >= 0.6 is 0 Å². The Hall–Kier alpha value is -3.72. The lowest BCUT2D eigenvalue weighted by Crippen LogP contribution is -2.47. The number of pyridine rings is 2. The van der Waals surface area contributed by atoms with E-state index in [0.29, 0.717) is 65.1 Å². The molecule has 1 radical (unpaired) electrons. The Labute approximate surface area is 262 Å². The van der Waals surface area contributed by atoms with Gasteiger partial charge in [0.2, 0.25) is 11.8 Å². The number of aromatic nitrogens is 2. The molecule has 2 amide bonds. The third-order valence-electron chi connectivity index (χ3n) is 7.02. The fourth-order valence-corrected chi connectivity index (χ4v) is 4.61. The van der Waals surface area contributed by atoms with Gasteiger partial charge in [0.1, 0.15) is 24.8 Å². The summed E-state index contributed by atoms with van der Waals surface area (Å²) >= 11 is 0. The van der Waals surface area contributed by atoms with Crippen molar-refractivity contribution in [1.82, 2.24) is 15.3 Å². The lowest BCUT2D eigenvalue weighted by molar-refractivity contribution is -0.144. The molecule has 1 fully saturated rings. The number of rotatable bonds is 21. The fourth-order valence-electron chi connectivity index (χ4n) is 4.61. The Kier molecular flexibility index (Phi) is 14.4. The van der Waals surface area contributed by atoms with E-state index in [2.05, 4.69) is 26.7 Å². The second-order valence-corrected chi connectivity index (χ2v) is 10.3. The quantitative estimate of drug-likeness (QED) is 0.132. The number of benzene rings is 1. The van der Waals surface area contributed by atoms with Crippen LogP contribution in [0.1, 0.15) is 18.4 Å². The summed E-state index contributed by atoms with van der Waals surface area (Å²) in [5.74, 6) is 0.0680. The van der Waals surface area contributed by atoms with Crippen LogP contribution in [0, 0.1) is 12.8 Å². The third kappa shape index (κ3) is 11.6. The van der Waals surface area contributed by atoms with Gasteiger partial charge >= 0.3 is 0 Å². The molecule has 2 aromatic heterocycles. The Morgan fingerprint density at radius 3 is 2.24 bits per heavy atom. The maximum atomic E-state index is 11.9. The van der Waals surface area contributed by atoms with E-state index in [1.807, 2.05) is 37.4 Å². The second-order valence-electron chi connectivity index (χ2n) is 10.3. The van der Waals surface area contributed by atoms with Crippen molar-refractivity contribution in [2.75, 3.05) is 78.0 Å². The van der Waals surface area contributed by atoms with E-state index in [0.717, 1.165) is 27.8 Å².